The van der Waals surface area contributed by atoms with Gasteiger partial charge in [0.15, 0.2) is 5.82 Å². The summed E-state index contributed by atoms with van der Waals surface area (Å²) >= 11 is 2.05. The van der Waals surface area contributed by atoms with Crippen molar-refractivity contribution < 1.29 is 0 Å². The molecule has 0 aliphatic carbocycles. The van der Waals surface area contributed by atoms with Crippen molar-refractivity contribution in [1.82, 2.24) is 14.9 Å². The van der Waals surface area contributed by atoms with E-state index in [1.54, 1.807) is 24.0 Å². The summed E-state index contributed by atoms with van der Waals surface area (Å²) in [5.41, 5.74) is 0.00590. The predicted molar refractivity (Wildman–Crippen MR) is 88.2 cm³/mol. The quantitative estimate of drug-likeness (QED) is 0.910. The summed E-state index contributed by atoms with van der Waals surface area (Å²) in [5, 5.41) is 3.79. The first kappa shape index (κ1) is 14.9. The zero-order chi connectivity index (χ0) is 14.7. The molecular weight excluding hydrogens is 284 g/mol. The van der Waals surface area contributed by atoms with Gasteiger partial charge in [0.05, 0.1) is 0 Å². The van der Waals surface area contributed by atoms with Crippen molar-refractivity contribution in [3.8, 4) is 0 Å². The molecule has 2 fully saturated rings. The van der Waals surface area contributed by atoms with Crippen LogP contribution in [0.2, 0.25) is 0 Å². The van der Waals surface area contributed by atoms with Gasteiger partial charge in [0.2, 0.25) is 0 Å². The Bertz CT molecular complexity index is 527. The summed E-state index contributed by atoms with van der Waals surface area (Å²) in [6.45, 7) is 1.83. The fraction of sp³-hybridized carbons (Fsp3) is 0.733. The van der Waals surface area contributed by atoms with Crippen LogP contribution < -0.4 is 15.8 Å². The topological polar surface area (TPSA) is 50.2 Å². The van der Waals surface area contributed by atoms with E-state index >= 15 is 0 Å². The Morgan fingerprint density at radius 2 is 2.19 bits per heavy atom. The van der Waals surface area contributed by atoms with Gasteiger partial charge in [-0.05, 0) is 31.4 Å². The monoisotopic (exact) mass is 308 g/mol. The van der Waals surface area contributed by atoms with E-state index in [4.69, 9.17) is 0 Å². The van der Waals surface area contributed by atoms with Gasteiger partial charge in [-0.25, -0.2) is 4.98 Å². The fourth-order valence-corrected chi connectivity index (χ4v) is 4.30. The number of rotatable bonds is 3. The van der Waals surface area contributed by atoms with Crippen molar-refractivity contribution in [3.05, 3.63) is 22.7 Å². The van der Waals surface area contributed by atoms with Gasteiger partial charge in [-0.3, -0.25) is 4.79 Å². The molecule has 2 aliphatic heterocycles. The van der Waals surface area contributed by atoms with Crippen LogP contribution in [-0.4, -0.2) is 46.2 Å². The molecule has 3 heterocycles. The summed E-state index contributed by atoms with van der Waals surface area (Å²) in [5.74, 6) is 3.13. The third-order valence-corrected chi connectivity index (χ3v) is 5.57. The minimum Gasteiger partial charge on any atom is -0.350 e. The molecule has 0 spiro atoms. The van der Waals surface area contributed by atoms with Crippen LogP contribution in [0.25, 0.3) is 0 Å². The molecule has 2 atom stereocenters. The molecule has 6 heteroatoms. The first-order chi connectivity index (χ1) is 10.2. The maximum absolute atomic E-state index is 12.2. The van der Waals surface area contributed by atoms with Crippen LogP contribution >= 0.6 is 11.8 Å². The maximum atomic E-state index is 12.2. The van der Waals surface area contributed by atoms with Gasteiger partial charge in [-0.2, -0.15) is 11.8 Å². The lowest BCUT2D eigenvalue weighted by atomic mass is 10.0. The lowest BCUT2D eigenvalue weighted by Crippen LogP contribution is -2.51. The molecule has 1 aromatic heterocycles. The van der Waals surface area contributed by atoms with E-state index in [0.717, 1.165) is 19.5 Å². The maximum Gasteiger partial charge on any atom is 0.293 e. The van der Waals surface area contributed by atoms with E-state index in [9.17, 15) is 4.79 Å². The molecule has 0 radical (unpaired) electrons. The normalized spacial score (nSPS) is 26.8. The number of anilines is 1. The Labute approximate surface area is 130 Å². The van der Waals surface area contributed by atoms with E-state index in [-0.39, 0.29) is 5.56 Å². The lowest BCUT2D eigenvalue weighted by molar-refractivity contribution is 0.371. The number of piperidine rings is 1. The van der Waals surface area contributed by atoms with Gasteiger partial charge in [0, 0.05) is 50.4 Å². The Morgan fingerprint density at radius 1 is 1.33 bits per heavy atom. The first-order valence-corrected chi connectivity index (χ1v) is 9.00. The van der Waals surface area contributed by atoms with Crippen LogP contribution in [-0.2, 0) is 7.05 Å². The Hall–Kier alpha value is -1.01. The second-order valence-corrected chi connectivity index (χ2v) is 7.18. The molecule has 0 amide bonds. The van der Waals surface area contributed by atoms with Gasteiger partial charge in [0.25, 0.3) is 5.56 Å². The molecule has 2 aliphatic rings. The Balaban J connectivity index is 1.65. The van der Waals surface area contributed by atoms with Crippen molar-refractivity contribution in [2.24, 2.45) is 7.05 Å². The van der Waals surface area contributed by atoms with Gasteiger partial charge in [0.1, 0.15) is 0 Å². The second kappa shape index (κ2) is 6.83. The minimum absolute atomic E-state index is 0.00590. The molecule has 0 aromatic carbocycles. The minimum atomic E-state index is 0.00590. The summed E-state index contributed by atoms with van der Waals surface area (Å²) in [7, 11) is 1.78. The zero-order valence-electron chi connectivity index (χ0n) is 12.6. The molecule has 21 heavy (non-hydrogen) atoms. The standard InChI is InChI=1S/C15H24N4OS/c1-18-8-6-16-14(15(18)20)19-7-2-4-12(10-19)17-13-5-3-9-21-11-13/h6,8,12-13,17H,2-5,7,9-11H2,1H3/t12-,13-/m0/s1. The third-order valence-electron chi connectivity index (χ3n) is 4.35. The first-order valence-electron chi connectivity index (χ1n) is 7.84. The van der Waals surface area contributed by atoms with Crippen molar-refractivity contribution in [2.75, 3.05) is 29.5 Å². The number of hydrogen-bond donors (Lipinski definition) is 1. The second-order valence-electron chi connectivity index (χ2n) is 6.03. The van der Waals surface area contributed by atoms with Gasteiger partial charge < -0.3 is 14.8 Å². The van der Waals surface area contributed by atoms with Crippen LogP contribution in [0.15, 0.2) is 17.2 Å². The molecular formula is C15H24N4OS. The number of nitrogens with one attached hydrogen (secondary N) is 1. The molecule has 1 aromatic rings. The number of thioether (sulfide) groups is 1. The van der Waals surface area contributed by atoms with E-state index < -0.39 is 0 Å². The average Bonchev–Trinajstić information content (AvgIpc) is 2.51. The molecule has 116 valence electrons. The summed E-state index contributed by atoms with van der Waals surface area (Å²) in [6.07, 6.45) is 8.35. The molecule has 0 unspecified atom stereocenters. The Morgan fingerprint density at radius 3 is 3.00 bits per heavy atom. The van der Waals surface area contributed by atoms with Crippen LogP contribution in [0.5, 0.6) is 0 Å². The smallest absolute Gasteiger partial charge is 0.293 e. The summed E-state index contributed by atoms with van der Waals surface area (Å²) in [4.78, 5) is 18.7. The van der Waals surface area contributed by atoms with Gasteiger partial charge >= 0.3 is 0 Å². The van der Waals surface area contributed by atoms with Gasteiger partial charge in [-0.1, -0.05) is 0 Å². The van der Waals surface area contributed by atoms with Crippen molar-refractivity contribution in [2.45, 2.75) is 37.8 Å². The van der Waals surface area contributed by atoms with Crippen LogP contribution in [0.1, 0.15) is 25.7 Å². The molecule has 0 bridgehead atoms. The van der Waals surface area contributed by atoms with Crippen molar-refractivity contribution in [1.29, 1.82) is 0 Å². The average molecular weight is 308 g/mol. The highest BCUT2D eigenvalue weighted by atomic mass is 32.2. The zero-order valence-corrected chi connectivity index (χ0v) is 13.4. The summed E-state index contributed by atoms with van der Waals surface area (Å²) < 4.78 is 1.61. The highest BCUT2D eigenvalue weighted by Crippen LogP contribution is 2.20. The molecule has 0 saturated carbocycles. The molecule has 5 nitrogen and oxygen atoms in total. The van der Waals surface area contributed by atoms with Crippen LogP contribution in [0.4, 0.5) is 5.82 Å². The SMILES string of the molecule is Cn1ccnc(N2CCC[C@H](N[C@H]3CCCSC3)C2)c1=O. The highest BCUT2D eigenvalue weighted by molar-refractivity contribution is 7.99. The molecule has 2 saturated heterocycles. The van der Waals surface area contributed by atoms with Crippen molar-refractivity contribution in [3.63, 3.8) is 0 Å². The largest absolute Gasteiger partial charge is 0.350 e. The van der Waals surface area contributed by atoms with Crippen LogP contribution in [0, 0.1) is 0 Å². The van der Waals surface area contributed by atoms with E-state index in [2.05, 4.69) is 27.0 Å². The third kappa shape index (κ3) is 3.61. The van der Waals surface area contributed by atoms with Gasteiger partial charge in [-0.15, -0.1) is 0 Å². The van der Waals surface area contributed by atoms with E-state index in [1.807, 2.05) is 0 Å². The molecule has 1 N–H and O–H groups in total. The van der Waals surface area contributed by atoms with Crippen LogP contribution in [0.3, 0.4) is 0 Å². The Kier molecular flexibility index (Phi) is 4.85. The highest BCUT2D eigenvalue weighted by Gasteiger charge is 2.25. The number of hydrogen-bond acceptors (Lipinski definition) is 5. The van der Waals surface area contributed by atoms with E-state index in [1.165, 1.54) is 30.8 Å². The lowest BCUT2D eigenvalue weighted by Gasteiger charge is -2.36. The number of aryl methyl sites for hydroxylation is 1. The number of aromatic nitrogens is 2. The van der Waals surface area contributed by atoms with Crippen molar-refractivity contribution >= 4 is 17.6 Å². The van der Waals surface area contributed by atoms with E-state index in [0.29, 0.717) is 17.9 Å². The summed E-state index contributed by atoms with van der Waals surface area (Å²) in [6, 6.07) is 1.12. The molecule has 3 rings (SSSR count). The predicted octanol–water partition coefficient (Wildman–Crippen LogP) is 1.23. The fourth-order valence-electron chi connectivity index (χ4n) is 3.21. The number of nitrogens with zero attached hydrogens (tertiary/aromatic N) is 3.